The second-order valence-corrected chi connectivity index (χ2v) is 5.89. The van der Waals surface area contributed by atoms with Crippen LogP contribution in [0.15, 0.2) is 57.9 Å². The number of hydrogen-bond acceptors (Lipinski definition) is 3. The van der Waals surface area contributed by atoms with E-state index < -0.39 is 0 Å². The van der Waals surface area contributed by atoms with Crippen molar-refractivity contribution in [1.82, 2.24) is 0 Å². The first-order valence-corrected chi connectivity index (χ1v) is 7.35. The van der Waals surface area contributed by atoms with Gasteiger partial charge in [0.15, 0.2) is 0 Å². The fraction of sp³-hybridized carbons (Fsp3) is 0. The van der Waals surface area contributed by atoms with Crippen LogP contribution in [0.4, 0.5) is 0 Å². The van der Waals surface area contributed by atoms with Crippen molar-refractivity contribution >= 4 is 45.1 Å². The Hall–Kier alpha value is -1.65. The molecular weight excluding hydrogens is 324 g/mol. The maximum Gasteiger partial charge on any atom is 0.343 e. The van der Waals surface area contributed by atoms with Gasteiger partial charge in [-0.2, -0.15) is 0 Å². The maximum atomic E-state index is 11.8. The summed E-state index contributed by atoms with van der Waals surface area (Å²) in [7, 11) is 0. The molecule has 0 fully saturated rings. The molecule has 2 nitrogen and oxygen atoms in total. The summed E-state index contributed by atoms with van der Waals surface area (Å²) in [4.78, 5) is 12.8. The first-order valence-electron chi connectivity index (χ1n) is 5.67. The zero-order chi connectivity index (χ0) is 13.2. The Bertz CT molecular complexity index is 667. The normalized spacial score (nSPS) is 16.6. The number of esters is 1. The molecule has 19 heavy (non-hydrogen) atoms. The number of halogens is 1. The summed E-state index contributed by atoms with van der Waals surface area (Å²) >= 11 is 4.94. The Kier molecular flexibility index (Phi) is 3.36. The predicted octanol–water partition coefficient (Wildman–Crippen LogP) is 4.49. The quantitative estimate of drug-likeness (QED) is 0.598. The second kappa shape index (κ2) is 5.15. The third-order valence-electron chi connectivity index (χ3n) is 2.68. The topological polar surface area (TPSA) is 26.3 Å². The lowest BCUT2D eigenvalue weighted by molar-refractivity contribution is -0.130. The number of benzene rings is 1. The van der Waals surface area contributed by atoms with Crippen molar-refractivity contribution in [2.75, 3.05) is 0 Å². The van der Waals surface area contributed by atoms with Gasteiger partial charge in [-0.05, 0) is 41.3 Å². The average Bonchev–Trinajstić information content (AvgIpc) is 3.03. The van der Waals surface area contributed by atoms with Crippen LogP contribution in [0.1, 0.15) is 10.4 Å². The van der Waals surface area contributed by atoms with Gasteiger partial charge in [0.25, 0.3) is 0 Å². The molecule has 0 atom stereocenters. The van der Waals surface area contributed by atoms with E-state index in [2.05, 4.69) is 15.9 Å². The molecule has 0 spiro atoms. The Morgan fingerprint density at radius 1 is 1.16 bits per heavy atom. The van der Waals surface area contributed by atoms with Gasteiger partial charge in [0.1, 0.15) is 5.76 Å². The van der Waals surface area contributed by atoms with Crippen molar-refractivity contribution in [1.29, 1.82) is 0 Å². The molecule has 0 N–H and O–H groups in total. The molecule has 1 aromatic heterocycles. The van der Waals surface area contributed by atoms with Crippen LogP contribution in [0.3, 0.4) is 0 Å². The van der Waals surface area contributed by atoms with Crippen molar-refractivity contribution < 1.29 is 9.53 Å². The Morgan fingerprint density at radius 2 is 1.95 bits per heavy atom. The third kappa shape index (κ3) is 2.69. The SMILES string of the molecule is O=C1OC(c2cccs2)=C/C1=C\c1ccc(Br)cc1. The van der Waals surface area contributed by atoms with E-state index in [4.69, 9.17) is 4.74 Å². The van der Waals surface area contributed by atoms with Crippen LogP contribution in [0.5, 0.6) is 0 Å². The van der Waals surface area contributed by atoms with Gasteiger partial charge in [0, 0.05) is 4.47 Å². The van der Waals surface area contributed by atoms with E-state index in [9.17, 15) is 4.79 Å². The zero-order valence-corrected chi connectivity index (χ0v) is 12.2. The smallest absolute Gasteiger partial charge is 0.343 e. The molecule has 1 aliphatic rings. The molecule has 2 aromatic rings. The zero-order valence-electron chi connectivity index (χ0n) is 9.80. The van der Waals surface area contributed by atoms with Crippen LogP contribution in [0.2, 0.25) is 0 Å². The molecule has 2 heterocycles. The van der Waals surface area contributed by atoms with Crippen LogP contribution in [0, 0.1) is 0 Å². The summed E-state index contributed by atoms with van der Waals surface area (Å²) < 4.78 is 6.28. The number of thiophene rings is 1. The van der Waals surface area contributed by atoms with Crippen molar-refractivity contribution in [2.45, 2.75) is 0 Å². The summed E-state index contributed by atoms with van der Waals surface area (Å²) in [5.41, 5.74) is 1.55. The van der Waals surface area contributed by atoms with E-state index in [0.29, 0.717) is 11.3 Å². The van der Waals surface area contributed by atoms with E-state index in [1.54, 1.807) is 17.4 Å². The van der Waals surface area contributed by atoms with E-state index in [1.807, 2.05) is 47.9 Å². The molecule has 0 amide bonds. The minimum absolute atomic E-state index is 0.300. The minimum Gasteiger partial charge on any atom is -0.421 e. The lowest BCUT2D eigenvalue weighted by Crippen LogP contribution is -1.96. The van der Waals surface area contributed by atoms with Crippen LogP contribution in [-0.2, 0) is 9.53 Å². The van der Waals surface area contributed by atoms with Crippen molar-refractivity contribution in [3.05, 3.63) is 68.3 Å². The minimum atomic E-state index is -0.300. The molecule has 1 aromatic carbocycles. The van der Waals surface area contributed by atoms with E-state index >= 15 is 0 Å². The van der Waals surface area contributed by atoms with Crippen LogP contribution < -0.4 is 0 Å². The molecule has 0 saturated heterocycles. The van der Waals surface area contributed by atoms with Crippen LogP contribution in [-0.4, -0.2) is 5.97 Å². The molecule has 1 aliphatic heterocycles. The molecule has 0 aliphatic carbocycles. The highest BCUT2D eigenvalue weighted by molar-refractivity contribution is 9.10. The van der Waals surface area contributed by atoms with E-state index in [0.717, 1.165) is 14.9 Å². The highest BCUT2D eigenvalue weighted by atomic mass is 79.9. The van der Waals surface area contributed by atoms with Gasteiger partial charge >= 0.3 is 5.97 Å². The molecule has 0 saturated carbocycles. The molecule has 94 valence electrons. The first-order chi connectivity index (χ1) is 9.22. The van der Waals surface area contributed by atoms with Gasteiger partial charge < -0.3 is 4.74 Å². The molecule has 0 bridgehead atoms. The fourth-order valence-electron chi connectivity index (χ4n) is 1.77. The van der Waals surface area contributed by atoms with Crippen LogP contribution >= 0.6 is 27.3 Å². The molecule has 0 radical (unpaired) electrons. The number of carbonyl (C=O) groups excluding carboxylic acids is 1. The average molecular weight is 333 g/mol. The summed E-state index contributed by atoms with van der Waals surface area (Å²) in [5, 5.41) is 1.96. The first kappa shape index (κ1) is 12.4. The van der Waals surface area contributed by atoms with E-state index in [-0.39, 0.29) is 5.97 Å². The Morgan fingerprint density at radius 3 is 2.63 bits per heavy atom. The molecule has 0 unspecified atom stereocenters. The number of hydrogen-bond donors (Lipinski definition) is 0. The van der Waals surface area contributed by atoms with Crippen LogP contribution in [0.25, 0.3) is 11.8 Å². The van der Waals surface area contributed by atoms with Gasteiger partial charge in [-0.25, -0.2) is 4.79 Å². The largest absolute Gasteiger partial charge is 0.421 e. The Labute approximate surface area is 123 Å². The van der Waals surface area contributed by atoms with Gasteiger partial charge in [-0.3, -0.25) is 0 Å². The van der Waals surface area contributed by atoms with Gasteiger partial charge in [-0.15, -0.1) is 11.3 Å². The van der Waals surface area contributed by atoms with Gasteiger partial charge in [-0.1, -0.05) is 34.1 Å². The van der Waals surface area contributed by atoms with Crippen molar-refractivity contribution in [2.24, 2.45) is 0 Å². The fourth-order valence-corrected chi connectivity index (χ4v) is 2.71. The van der Waals surface area contributed by atoms with Crippen molar-refractivity contribution in [3.63, 3.8) is 0 Å². The van der Waals surface area contributed by atoms with Crippen molar-refractivity contribution in [3.8, 4) is 0 Å². The third-order valence-corrected chi connectivity index (χ3v) is 4.09. The molecular formula is C15H9BrO2S. The summed E-state index contributed by atoms with van der Waals surface area (Å²) in [6.45, 7) is 0. The van der Waals surface area contributed by atoms with Gasteiger partial charge in [0.05, 0.1) is 10.5 Å². The van der Waals surface area contributed by atoms with E-state index in [1.165, 1.54) is 0 Å². The molecule has 3 rings (SSSR count). The standard InChI is InChI=1S/C15H9BrO2S/c16-12-5-3-10(4-6-12)8-11-9-13(18-15(11)17)14-2-1-7-19-14/h1-9H/b11-8+. The maximum absolute atomic E-state index is 11.8. The summed E-state index contributed by atoms with van der Waals surface area (Å²) in [6.07, 6.45) is 3.62. The lowest BCUT2D eigenvalue weighted by atomic mass is 10.1. The van der Waals surface area contributed by atoms with Gasteiger partial charge in [0.2, 0.25) is 0 Å². The highest BCUT2D eigenvalue weighted by Gasteiger charge is 2.22. The predicted molar refractivity (Wildman–Crippen MR) is 80.5 cm³/mol. The number of rotatable bonds is 2. The highest BCUT2D eigenvalue weighted by Crippen LogP contribution is 2.30. The molecule has 4 heteroatoms. The lowest BCUT2D eigenvalue weighted by Gasteiger charge is -1.96. The summed E-state index contributed by atoms with van der Waals surface area (Å²) in [6, 6.07) is 11.6. The monoisotopic (exact) mass is 332 g/mol. The summed E-state index contributed by atoms with van der Waals surface area (Å²) in [5.74, 6) is 0.328. The number of carbonyl (C=O) groups is 1. The Balaban J connectivity index is 1.92. The second-order valence-electron chi connectivity index (χ2n) is 4.03. The number of ether oxygens (including phenoxy) is 1. The number of cyclic esters (lactones) is 1.